The van der Waals surface area contributed by atoms with Crippen LogP contribution in [0.2, 0.25) is 0 Å². The van der Waals surface area contributed by atoms with Crippen molar-refractivity contribution in [3.8, 4) is 0 Å². The molecule has 0 saturated carbocycles. The first-order valence-electron chi connectivity index (χ1n) is 7.09. The highest BCUT2D eigenvalue weighted by Gasteiger charge is 2.40. The van der Waals surface area contributed by atoms with Gasteiger partial charge in [0.1, 0.15) is 5.82 Å². The zero-order chi connectivity index (χ0) is 12.7. The molecule has 0 spiro atoms. The highest BCUT2D eigenvalue weighted by atomic mass is 15.2. The van der Waals surface area contributed by atoms with Gasteiger partial charge in [-0.25, -0.2) is 4.98 Å². The van der Waals surface area contributed by atoms with Crippen LogP contribution in [0.5, 0.6) is 0 Å². The van der Waals surface area contributed by atoms with Crippen LogP contribution in [0, 0.1) is 5.92 Å². The van der Waals surface area contributed by atoms with Crippen molar-refractivity contribution in [1.29, 1.82) is 0 Å². The molecule has 2 N–H and O–H groups in total. The molecule has 2 fully saturated rings. The summed E-state index contributed by atoms with van der Waals surface area (Å²) in [7, 11) is 4.33. The Labute approximate surface area is 109 Å². The first-order chi connectivity index (χ1) is 8.65. The Hall–Kier alpha value is -0.870. The van der Waals surface area contributed by atoms with Crippen LogP contribution in [0.25, 0.3) is 0 Å². The Bertz CT molecular complexity index is 400. The van der Waals surface area contributed by atoms with Gasteiger partial charge in [0.2, 0.25) is 0 Å². The molecule has 0 aromatic carbocycles. The molecule has 3 atom stereocenters. The van der Waals surface area contributed by atoms with E-state index in [1.54, 1.807) is 0 Å². The van der Waals surface area contributed by atoms with Crippen molar-refractivity contribution < 1.29 is 0 Å². The van der Waals surface area contributed by atoms with Crippen LogP contribution in [0.4, 0.5) is 0 Å². The molecule has 18 heavy (non-hydrogen) atoms. The molecule has 3 rings (SSSR count). The summed E-state index contributed by atoms with van der Waals surface area (Å²) in [6.07, 6.45) is 10.1. The van der Waals surface area contributed by atoms with Crippen molar-refractivity contribution in [3.63, 3.8) is 0 Å². The fourth-order valence-corrected chi connectivity index (χ4v) is 3.77. The molecule has 1 aromatic rings. The highest BCUT2D eigenvalue weighted by molar-refractivity contribution is 5.00. The summed E-state index contributed by atoms with van der Waals surface area (Å²) < 4.78 is 2.09. The number of aromatic nitrogens is 2. The molecule has 4 nitrogen and oxygen atoms in total. The minimum atomic E-state index is 0.267. The van der Waals surface area contributed by atoms with Crippen LogP contribution >= 0.6 is 0 Å². The largest absolute Gasteiger partial charge is 0.338 e. The Morgan fingerprint density at radius 1 is 1.33 bits per heavy atom. The average Bonchev–Trinajstić information content (AvgIpc) is 2.80. The van der Waals surface area contributed by atoms with E-state index in [-0.39, 0.29) is 6.04 Å². The van der Waals surface area contributed by atoms with Gasteiger partial charge in [0.15, 0.2) is 0 Å². The summed E-state index contributed by atoms with van der Waals surface area (Å²) in [4.78, 5) is 6.97. The van der Waals surface area contributed by atoms with Crippen LogP contribution in [-0.4, -0.2) is 39.6 Å². The normalized spacial score (nSPS) is 33.8. The fraction of sp³-hybridized carbons (Fsp3) is 0.786. The maximum atomic E-state index is 6.43. The summed E-state index contributed by atoms with van der Waals surface area (Å²) in [5, 5.41) is 0. The van der Waals surface area contributed by atoms with E-state index < -0.39 is 0 Å². The lowest BCUT2D eigenvalue weighted by Crippen LogP contribution is -2.46. The van der Waals surface area contributed by atoms with E-state index >= 15 is 0 Å². The van der Waals surface area contributed by atoms with Gasteiger partial charge in [0.25, 0.3) is 0 Å². The monoisotopic (exact) mass is 248 g/mol. The predicted octanol–water partition coefficient (Wildman–Crippen LogP) is 1.16. The van der Waals surface area contributed by atoms with Gasteiger partial charge in [-0.05, 0) is 38.6 Å². The third-order valence-electron chi connectivity index (χ3n) is 5.08. The first-order valence-corrected chi connectivity index (χ1v) is 7.09. The molecular formula is C14H24N4. The molecule has 2 bridgehead atoms. The Balaban J connectivity index is 1.64. The van der Waals surface area contributed by atoms with Crippen molar-refractivity contribution in [2.24, 2.45) is 18.7 Å². The van der Waals surface area contributed by atoms with Gasteiger partial charge < -0.3 is 15.2 Å². The van der Waals surface area contributed by atoms with E-state index in [1.165, 1.54) is 25.7 Å². The zero-order valence-electron chi connectivity index (χ0n) is 11.4. The molecule has 3 heterocycles. The number of rotatable bonds is 3. The number of hydrogen-bond donors (Lipinski definition) is 1. The van der Waals surface area contributed by atoms with Gasteiger partial charge in [-0.15, -0.1) is 0 Å². The van der Waals surface area contributed by atoms with Crippen LogP contribution in [0.1, 0.15) is 31.5 Å². The number of hydrogen-bond acceptors (Lipinski definition) is 3. The predicted molar refractivity (Wildman–Crippen MR) is 72.2 cm³/mol. The molecule has 0 radical (unpaired) electrons. The van der Waals surface area contributed by atoms with Crippen molar-refractivity contribution >= 4 is 0 Å². The van der Waals surface area contributed by atoms with E-state index in [0.717, 1.165) is 24.3 Å². The standard InChI is InChI=1S/C14H24N4/c1-17-6-5-16-14(17)9-13(15)10-7-11-3-4-12(8-10)18(11)2/h5-6,10-13H,3-4,7-9,15H2,1-2H3. The number of imidazole rings is 1. The molecular weight excluding hydrogens is 224 g/mol. The van der Waals surface area contributed by atoms with Crippen LogP contribution in [0.15, 0.2) is 12.4 Å². The molecule has 4 heteroatoms. The van der Waals surface area contributed by atoms with E-state index in [1.807, 2.05) is 19.4 Å². The number of nitrogens with zero attached hydrogens (tertiary/aromatic N) is 3. The summed E-state index contributed by atoms with van der Waals surface area (Å²) in [5.74, 6) is 1.80. The minimum absolute atomic E-state index is 0.267. The van der Waals surface area contributed by atoms with E-state index in [0.29, 0.717) is 5.92 Å². The second-order valence-corrected chi connectivity index (χ2v) is 6.10. The highest BCUT2D eigenvalue weighted by Crippen LogP contribution is 2.38. The second kappa shape index (κ2) is 4.67. The topological polar surface area (TPSA) is 47.1 Å². The molecule has 0 aliphatic carbocycles. The van der Waals surface area contributed by atoms with Crippen LogP contribution in [0.3, 0.4) is 0 Å². The number of nitrogens with two attached hydrogens (primary N) is 1. The average molecular weight is 248 g/mol. The third-order valence-corrected chi connectivity index (χ3v) is 5.08. The van der Waals surface area contributed by atoms with Gasteiger partial charge in [-0.2, -0.15) is 0 Å². The van der Waals surface area contributed by atoms with Gasteiger partial charge in [0.05, 0.1) is 0 Å². The number of fused-ring (bicyclic) bond motifs is 2. The lowest BCUT2D eigenvalue weighted by molar-refractivity contribution is 0.120. The van der Waals surface area contributed by atoms with Gasteiger partial charge >= 0.3 is 0 Å². The van der Waals surface area contributed by atoms with Gasteiger partial charge in [-0.1, -0.05) is 0 Å². The maximum Gasteiger partial charge on any atom is 0.109 e. The Morgan fingerprint density at radius 3 is 2.56 bits per heavy atom. The van der Waals surface area contributed by atoms with E-state index in [2.05, 4.69) is 21.5 Å². The molecule has 3 unspecified atom stereocenters. The Kier molecular flexibility index (Phi) is 3.16. The molecule has 100 valence electrons. The minimum Gasteiger partial charge on any atom is -0.338 e. The fourth-order valence-electron chi connectivity index (χ4n) is 3.77. The lowest BCUT2D eigenvalue weighted by atomic mass is 9.84. The summed E-state index contributed by atoms with van der Waals surface area (Å²) in [6, 6.07) is 1.82. The Morgan fingerprint density at radius 2 is 2.00 bits per heavy atom. The van der Waals surface area contributed by atoms with Gasteiger partial charge in [-0.3, -0.25) is 0 Å². The third kappa shape index (κ3) is 2.08. The van der Waals surface area contributed by atoms with Crippen molar-refractivity contribution in [2.45, 2.75) is 50.2 Å². The summed E-state index contributed by atoms with van der Waals surface area (Å²) >= 11 is 0. The van der Waals surface area contributed by atoms with Crippen molar-refractivity contribution in [3.05, 3.63) is 18.2 Å². The van der Waals surface area contributed by atoms with E-state index in [4.69, 9.17) is 5.73 Å². The molecule has 2 saturated heterocycles. The van der Waals surface area contributed by atoms with Gasteiger partial charge in [0, 0.05) is 44.0 Å². The number of piperidine rings is 1. The molecule has 0 amide bonds. The zero-order valence-corrected chi connectivity index (χ0v) is 11.4. The van der Waals surface area contributed by atoms with Crippen LogP contribution in [-0.2, 0) is 13.5 Å². The van der Waals surface area contributed by atoms with Crippen molar-refractivity contribution in [2.75, 3.05) is 7.05 Å². The second-order valence-electron chi connectivity index (χ2n) is 6.10. The molecule has 2 aliphatic rings. The number of aryl methyl sites for hydroxylation is 1. The summed E-state index contributed by atoms with van der Waals surface area (Å²) in [6.45, 7) is 0. The maximum absolute atomic E-state index is 6.43. The molecule has 1 aromatic heterocycles. The molecule has 2 aliphatic heterocycles. The SMILES string of the molecule is CN1C2CCC1CC(C(N)Cc1nccn1C)C2. The van der Waals surface area contributed by atoms with E-state index in [9.17, 15) is 0 Å². The quantitative estimate of drug-likeness (QED) is 0.873. The summed E-state index contributed by atoms with van der Waals surface area (Å²) in [5.41, 5.74) is 6.43. The first kappa shape index (κ1) is 12.2. The van der Waals surface area contributed by atoms with Crippen molar-refractivity contribution in [1.82, 2.24) is 14.5 Å². The van der Waals surface area contributed by atoms with Crippen LogP contribution < -0.4 is 5.73 Å². The lowest BCUT2D eigenvalue weighted by Gasteiger charge is -2.38. The smallest absolute Gasteiger partial charge is 0.109 e.